The Labute approximate surface area is 108 Å². The fraction of sp³-hybridized carbons (Fsp3) is 0. The number of amides is 1. The van der Waals surface area contributed by atoms with E-state index in [4.69, 9.17) is 11.6 Å². The lowest BCUT2D eigenvalue weighted by Gasteiger charge is -2.08. The first-order valence-electron chi connectivity index (χ1n) is 5.09. The number of nitrogens with zero attached hydrogens (tertiary/aromatic N) is 1. The van der Waals surface area contributed by atoms with Gasteiger partial charge in [0.2, 0.25) is 0 Å². The van der Waals surface area contributed by atoms with Crippen LogP contribution in [0.4, 0.5) is 10.1 Å². The van der Waals surface area contributed by atoms with Crippen molar-refractivity contribution >= 4 is 23.2 Å². The molecule has 0 aliphatic rings. The molecule has 2 N–H and O–H groups in total. The zero-order chi connectivity index (χ0) is 13.0. The number of hydrogen-bond acceptors (Lipinski definition) is 3. The summed E-state index contributed by atoms with van der Waals surface area (Å²) < 4.78 is 13.4. The minimum absolute atomic E-state index is 0.128. The largest absolute Gasteiger partial charge is 0.295 e. The van der Waals surface area contributed by atoms with Crippen molar-refractivity contribution in [2.75, 3.05) is 5.43 Å². The van der Waals surface area contributed by atoms with Crippen LogP contribution in [0.15, 0.2) is 42.6 Å². The lowest BCUT2D eigenvalue weighted by atomic mass is 10.3. The molecular formula is C12H9ClFN3O. The van der Waals surface area contributed by atoms with Crippen molar-refractivity contribution in [3.63, 3.8) is 0 Å². The van der Waals surface area contributed by atoms with Gasteiger partial charge in [0.25, 0.3) is 5.91 Å². The number of carbonyl (C=O) groups excluding carboxylic acids is 1. The van der Waals surface area contributed by atoms with Crippen molar-refractivity contribution < 1.29 is 9.18 Å². The molecule has 0 unspecified atom stereocenters. The minimum atomic E-state index is -0.552. The van der Waals surface area contributed by atoms with Crippen LogP contribution < -0.4 is 10.9 Å². The maximum absolute atomic E-state index is 13.4. The van der Waals surface area contributed by atoms with Gasteiger partial charge in [0.15, 0.2) is 0 Å². The number of anilines is 1. The number of nitrogens with one attached hydrogen (secondary N) is 2. The Morgan fingerprint density at radius 3 is 2.78 bits per heavy atom. The van der Waals surface area contributed by atoms with Crippen LogP contribution in [0.3, 0.4) is 0 Å². The zero-order valence-corrected chi connectivity index (χ0v) is 9.91. The van der Waals surface area contributed by atoms with Gasteiger partial charge in [-0.05, 0) is 30.3 Å². The standard InChI is InChI=1S/C12H9ClFN3O/c13-8-4-5-10(9(14)7-8)16-17-12(18)11-3-1-2-6-15-11/h1-7,16H,(H,17,18). The Morgan fingerprint density at radius 1 is 1.28 bits per heavy atom. The maximum Gasteiger partial charge on any atom is 0.288 e. The summed E-state index contributed by atoms with van der Waals surface area (Å²) in [7, 11) is 0. The van der Waals surface area contributed by atoms with Gasteiger partial charge in [-0.1, -0.05) is 17.7 Å². The molecule has 0 fully saturated rings. The molecule has 1 aromatic heterocycles. The molecule has 2 aromatic rings. The van der Waals surface area contributed by atoms with Crippen LogP contribution in [0.5, 0.6) is 0 Å². The van der Waals surface area contributed by atoms with E-state index in [1.54, 1.807) is 18.2 Å². The molecule has 18 heavy (non-hydrogen) atoms. The molecule has 0 aliphatic heterocycles. The third kappa shape index (κ3) is 2.95. The smallest absolute Gasteiger partial charge is 0.288 e. The predicted molar refractivity (Wildman–Crippen MR) is 66.7 cm³/mol. The molecule has 0 bridgehead atoms. The zero-order valence-electron chi connectivity index (χ0n) is 9.15. The summed E-state index contributed by atoms with van der Waals surface area (Å²) in [5.41, 5.74) is 5.17. The average Bonchev–Trinajstić information content (AvgIpc) is 2.38. The van der Waals surface area contributed by atoms with Crippen molar-refractivity contribution in [2.24, 2.45) is 0 Å². The number of pyridine rings is 1. The molecule has 92 valence electrons. The summed E-state index contributed by atoms with van der Waals surface area (Å²) >= 11 is 5.61. The topological polar surface area (TPSA) is 54.0 Å². The fourth-order valence-electron chi connectivity index (χ4n) is 1.28. The molecule has 0 saturated carbocycles. The lowest BCUT2D eigenvalue weighted by molar-refractivity contribution is 0.0957. The number of hydrazine groups is 1. The van der Waals surface area contributed by atoms with E-state index in [0.717, 1.165) is 6.07 Å². The normalized spacial score (nSPS) is 9.89. The Morgan fingerprint density at radius 2 is 2.11 bits per heavy atom. The molecular weight excluding hydrogens is 257 g/mol. The monoisotopic (exact) mass is 265 g/mol. The van der Waals surface area contributed by atoms with Crippen LogP contribution in [0.25, 0.3) is 0 Å². The van der Waals surface area contributed by atoms with Crippen LogP contribution in [0, 0.1) is 5.82 Å². The second-order valence-corrected chi connectivity index (χ2v) is 3.85. The molecule has 0 saturated heterocycles. The first-order chi connectivity index (χ1) is 8.66. The van der Waals surface area contributed by atoms with Gasteiger partial charge in [-0.25, -0.2) is 4.39 Å². The van der Waals surface area contributed by atoms with Crippen molar-refractivity contribution in [2.45, 2.75) is 0 Å². The van der Waals surface area contributed by atoms with Crippen LogP contribution >= 0.6 is 11.6 Å². The fourth-order valence-corrected chi connectivity index (χ4v) is 1.43. The molecule has 2 rings (SSSR count). The van der Waals surface area contributed by atoms with Crippen molar-refractivity contribution in [3.8, 4) is 0 Å². The number of halogens is 2. The van der Waals surface area contributed by atoms with Gasteiger partial charge in [-0.2, -0.15) is 0 Å². The number of aromatic nitrogens is 1. The highest BCUT2D eigenvalue weighted by molar-refractivity contribution is 6.30. The van der Waals surface area contributed by atoms with Gasteiger partial charge in [-0.3, -0.25) is 20.6 Å². The molecule has 1 amide bonds. The van der Waals surface area contributed by atoms with Crippen molar-refractivity contribution in [1.29, 1.82) is 0 Å². The number of rotatable bonds is 3. The van der Waals surface area contributed by atoms with Crippen LogP contribution in [0.1, 0.15) is 10.5 Å². The van der Waals surface area contributed by atoms with Crippen LogP contribution in [-0.2, 0) is 0 Å². The van der Waals surface area contributed by atoms with Crippen LogP contribution in [0.2, 0.25) is 5.02 Å². The molecule has 0 aliphatic carbocycles. The van der Waals surface area contributed by atoms with Gasteiger partial charge in [0, 0.05) is 11.2 Å². The molecule has 1 aromatic carbocycles. The van der Waals surface area contributed by atoms with E-state index >= 15 is 0 Å². The van der Waals surface area contributed by atoms with Gasteiger partial charge >= 0.3 is 0 Å². The summed E-state index contributed by atoms with van der Waals surface area (Å²) in [5, 5.41) is 0.286. The summed E-state index contributed by atoms with van der Waals surface area (Å²) in [4.78, 5) is 15.5. The Bertz CT molecular complexity index is 563. The molecule has 4 nitrogen and oxygen atoms in total. The molecule has 0 atom stereocenters. The second-order valence-electron chi connectivity index (χ2n) is 3.42. The van der Waals surface area contributed by atoms with E-state index in [0.29, 0.717) is 0 Å². The highest BCUT2D eigenvalue weighted by atomic mass is 35.5. The van der Waals surface area contributed by atoms with E-state index in [-0.39, 0.29) is 16.4 Å². The van der Waals surface area contributed by atoms with E-state index in [1.165, 1.54) is 18.3 Å². The van der Waals surface area contributed by atoms with Gasteiger partial charge < -0.3 is 0 Å². The Balaban J connectivity index is 2.02. The molecule has 0 spiro atoms. The van der Waals surface area contributed by atoms with Gasteiger partial charge in [0.1, 0.15) is 11.5 Å². The number of benzene rings is 1. The molecule has 0 radical (unpaired) electrons. The summed E-state index contributed by atoms with van der Waals surface area (Å²) in [5.74, 6) is -1.01. The van der Waals surface area contributed by atoms with E-state index < -0.39 is 11.7 Å². The van der Waals surface area contributed by atoms with Crippen molar-refractivity contribution in [3.05, 3.63) is 59.1 Å². The van der Waals surface area contributed by atoms with Crippen molar-refractivity contribution in [1.82, 2.24) is 10.4 Å². The lowest BCUT2D eigenvalue weighted by Crippen LogP contribution is -2.30. The Hall–Kier alpha value is -2.14. The highest BCUT2D eigenvalue weighted by Gasteiger charge is 2.07. The van der Waals surface area contributed by atoms with Gasteiger partial charge in [0.05, 0.1) is 5.69 Å². The molecule has 1 heterocycles. The third-order valence-corrected chi connectivity index (χ3v) is 2.37. The van der Waals surface area contributed by atoms with Gasteiger partial charge in [-0.15, -0.1) is 0 Å². The van der Waals surface area contributed by atoms with E-state index in [1.807, 2.05) is 0 Å². The number of hydrogen-bond donors (Lipinski definition) is 2. The SMILES string of the molecule is O=C(NNc1ccc(Cl)cc1F)c1ccccn1. The number of carbonyl (C=O) groups is 1. The quantitative estimate of drug-likeness (QED) is 0.839. The predicted octanol–water partition coefficient (Wildman–Crippen LogP) is 2.63. The summed E-state index contributed by atoms with van der Waals surface area (Å²) in [6.45, 7) is 0. The van der Waals surface area contributed by atoms with E-state index in [9.17, 15) is 9.18 Å². The van der Waals surface area contributed by atoms with E-state index in [2.05, 4.69) is 15.8 Å². The molecule has 6 heteroatoms. The third-order valence-electron chi connectivity index (χ3n) is 2.14. The average molecular weight is 266 g/mol. The maximum atomic E-state index is 13.4. The van der Waals surface area contributed by atoms with Crippen LogP contribution in [-0.4, -0.2) is 10.9 Å². The Kier molecular flexibility index (Phi) is 3.74. The summed E-state index contributed by atoms with van der Waals surface area (Å²) in [6, 6.07) is 9.02. The first-order valence-corrected chi connectivity index (χ1v) is 5.47. The summed E-state index contributed by atoms with van der Waals surface area (Å²) in [6.07, 6.45) is 1.50. The minimum Gasteiger partial charge on any atom is -0.295 e. The second kappa shape index (κ2) is 5.46. The first kappa shape index (κ1) is 12.3. The highest BCUT2D eigenvalue weighted by Crippen LogP contribution is 2.17.